The van der Waals surface area contributed by atoms with E-state index in [2.05, 4.69) is 15.2 Å². The van der Waals surface area contributed by atoms with Crippen molar-refractivity contribution in [2.24, 2.45) is 11.3 Å². The van der Waals surface area contributed by atoms with Gasteiger partial charge < -0.3 is 9.80 Å². The van der Waals surface area contributed by atoms with Crippen LogP contribution >= 0.6 is 0 Å². The summed E-state index contributed by atoms with van der Waals surface area (Å²) in [7, 11) is -3.47. The van der Waals surface area contributed by atoms with E-state index < -0.39 is 15.7 Å². The van der Waals surface area contributed by atoms with E-state index in [0.29, 0.717) is 24.4 Å². The van der Waals surface area contributed by atoms with Gasteiger partial charge in [-0.25, -0.2) is 22.6 Å². The van der Waals surface area contributed by atoms with Gasteiger partial charge in [-0.05, 0) is 49.3 Å². The van der Waals surface area contributed by atoms with E-state index in [-0.39, 0.29) is 22.3 Å². The van der Waals surface area contributed by atoms with Gasteiger partial charge in [0.15, 0.2) is 9.84 Å². The van der Waals surface area contributed by atoms with Crippen molar-refractivity contribution in [1.29, 1.82) is 0 Å². The fourth-order valence-electron chi connectivity index (χ4n) is 5.59. The number of carbonyl (C=O) groups is 1. The van der Waals surface area contributed by atoms with Crippen LogP contribution in [0.3, 0.4) is 0 Å². The Kier molecular flexibility index (Phi) is 4.80. The maximum Gasteiger partial charge on any atom is 0.320 e. The Hall–Kier alpha value is -2.49. The fraction of sp³-hybridized carbons (Fsp3) is 0.571. The molecule has 1 atom stereocenters. The van der Waals surface area contributed by atoms with E-state index in [1.165, 1.54) is 12.4 Å². The van der Waals surface area contributed by atoms with Crippen molar-refractivity contribution in [3.63, 3.8) is 0 Å². The molecule has 10 heteroatoms. The molecule has 2 saturated heterocycles. The summed E-state index contributed by atoms with van der Waals surface area (Å²) in [5.74, 6) is 0.890. The Labute approximate surface area is 180 Å². The summed E-state index contributed by atoms with van der Waals surface area (Å²) in [6.45, 7) is 2.91. The van der Waals surface area contributed by atoms with Crippen LogP contribution in [-0.2, 0) is 16.3 Å². The summed E-state index contributed by atoms with van der Waals surface area (Å²) < 4.78 is 37.5. The van der Waals surface area contributed by atoms with E-state index >= 15 is 0 Å². The zero-order valence-corrected chi connectivity index (χ0v) is 18.2. The van der Waals surface area contributed by atoms with Crippen molar-refractivity contribution in [1.82, 2.24) is 25.0 Å². The van der Waals surface area contributed by atoms with Crippen molar-refractivity contribution >= 4 is 15.9 Å². The summed E-state index contributed by atoms with van der Waals surface area (Å²) in [4.78, 5) is 20.9. The summed E-state index contributed by atoms with van der Waals surface area (Å²) in [6, 6.07) is 4.12. The number of benzene rings is 1. The lowest BCUT2D eigenvalue weighted by atomic mass is 9.56. The highest BCUT2D eigenvalue weighted by atomic mass is 32.2. The highest BCUT2D eigenvalue weighted by molar-refractivity contribution is 7.90. The maximum atomic E-state index is 13.5. The molecular weight excluding hydrogens is 421 g/mol. The number of urea groups is 1. The summed E-state index contributed by atoms with van der Waals surface area (Å²) in [5, 5.41) is 6.79. The van der Waals surface area contributed by atoms with Crippen molar-refractivity contribution in [3.05, 3.63) is 41.7 Å². The van der Waals surface area contributed by atoms with E-state index in [4.69, 9.17) is 0 Å². The van der Waals surface area contributed by atoms with Gasteiger partial charge in [-0.2, -0.15) is 5.10 Å². The first kappa shape index (κ1) is 20.4. The Balaban J connectivity index is 1.13. The van der Waals surface area contributed by atoms with Crippen LogP contribution in [0.5, 0.6) is 0 Å². The number of likely N-dealkylation sites (tertiary alicyclic amines) is 2. The molecule has 3 aliphatic rings. The molecule has 1 aliphatic carbocycles. The molecule has 8 nitrogen and oxygen atoms in total. The molecule has 1 spiro atoms. The van der Waals surface area contributed by atoms with Gasteiger partial charge in [0.2, 0.25) is 0 Å². The van der Waals surface area contributed by atoms with Gasteiger partial charge in [-0.15, -0.1) is 0 Å². The molecule has 1 saturated carbocycles. The number of sulfone groups is 1. The van der Waals surface area contributed by atoms with E-state index in [1.54, 1.807) is 6.07 Å². The Morgan fingerprint density at radius 3 is 2.74 bits per heavy atom. The number of carbonyl (C=O) groups excluding carboxylic acids is 1. The minimum Gasteiger partial charge on any atom is -0.324 e. The second kappa shape index (κ2) is 7.29. The summed E-state index contributed by atoms with van der Waals surface area (Å²) >= 11 is 0. The number of nitrogens with zero attached hydrogens (tertiary/aromatic N) is 4. The minimum absolute atomic E-state index is 0.0917. The average molecular weight is 448 g/mol. The highest BCUT2D eigenvalue weighted by Gasteiger charge is 2.54. The maximum absolute atomic E-state index is 13.5. The third-order valence-corrected chi connectivity index (χ3v) is 8.16. The number of hydrogen-bond donors (Lipinski definition) is 1. The Bertz CT molecular complexity index is 1090. The van der Waals surface area contributed by atoms with Crippen molar-refractivity contribution in [3.8, 4) is 0 Å². The zero-order chi connectivity index (χ0) is 21.8. The lowest BCUT2D eigenvalue weighted by molar-refractivity contribution is -0.0755. The van der Waals surface area contributed by atoms with Gasteiger partial charge in [-0.1, -0.05) is 6.07 Å². The molecule has 2 aromatic rings. The Morgan fingerprint density at radius 1 is 1.29 bits per heavy atom. The number of amides is 2. The number of hydrogen-bond acceptors (Lipinski definition) is 5. The molecular formula is C21H26FN5O3S. The quantitative estimate of drug-likeness (QED) is 0.775. The number of aromatic amines is 1. The SMILES string of the molecule is CS(=O)(=O)c1cc(F)ccc1CC1CC2(C1)CN(C(=O)N1CC[C@H](c3ncn[nH]3)C1)C2. The topological polar surface area (TPSA) is 99.3 Å². The molecule has 2 aliphatic heterocycles. The minimum atomic E-state index is -3.47. The van der Waals surface area contributed by atoms with E-state index in [1.807, 2.05) is 9.80 Å². The van der Waals surface area contributed by atoms with Crippen LogP contribution in [0.2, 0.25) is 0 Å². The first-order valence-electron chi connectivity index (χ1n) is 10.6. The second-order valence-corrected chi connectivity index (χ2v) is 11.4. The van der Waals surface area contributed by atoms with E-state index in [0.717, 1.165) is 57.0 Å². The molecule has 0 radical (unpaired) electrons. The number of halogens is 1. The highest BCUT2D eigenvalue weighted by Crippen LogP contribution is 2.53. The second-order valence-electron chi connectivity index (χ2n) is 9.44. The molecule has 31 heavy (non-hydrogen) atoms. The molecule has 5 rings (SSSR count). The lowest BCUT2D eigenvalue weighted by Gasteiger charge is -2.59. The van der Waals surface area contributed by atoms with Gasteiger partial charge in [-0.3, -0.25) is 5.10 Å². The van der Waals surface area contributed by atoms with Crippen molar-refractivity contribution in [2.75, 3.05) is 32.4 Å². The van der Waals surface area contributed by atoms with Crippen LogP contribution in [0.4, 0.5) is 9.18 Å². The largest absolute Gasteiger partial charge is 0.324 e. The smallest absolute Gasteiger partial charge is 0.320 e. The molecule has 3 fully saturated rings. The standard InChI is InChI=1S/C21H26FN5O3S/c1-31(29,30)18-7-17(22)3-2-15(18)6-14-8-21(9-14)11-27(12-21)20(28)26-5-4-16(10-26)19-23-13-24-25-19/h2-3,7,13-14,16H,4-6,8-12H2,1H3,(H,23,24,25)/t16-/m0/s1. The van der Waals surface area contributed by atoms with Gasteiger partial charge >= 0.3 is 6.03 Å². The predicted molar refractivity (Wildman–Crippen MR) is 111 cm³/mol. The monoisotopic (exact) mass is 447 g/mol. The zero-order valence-electron chi connectivity index (χ0n) is 17.4. The number of nitrogens with one attached hydrogen (secondary N) is 1. The molecule has 0 unspecified atom stereocenters. The summed E-state index contributed by atoms with van der Waals surface area (Å²) in [5.41, 5.74) is 0.849. The number of rotatable bonds is 4. The molecule has 2 amide bonds. The molecule has 3 heterocycles. The van der Waals surface area contributed by atoms with Crippen LogP contribution in [0.1, 0.15) is 36.6 Å². The molecule has 1 aromatic heterocycles. The van der Waals surface area contributed by atoms with Crippen LogP contribution in [-0.4, -0.2) is 71.9 Å². The van der Waals surface area contributed by atoms with Gasteiger partial charge in [0.25, 0.3) is 0 Å². The van der Waals surface area contributed by atoms with Crippen LogP contribution in [0, 0.1) is 17.2 Å². The van der Waals surface area contributed by atoms with Crippen molar-refractivity contribution in [2.45, 2.75) is 36.5 Å². The van der Waals surface area contributed by atoms with Gasteiger partial charge in [0.1, 0.15) is 18.0 Å². The normalized spacial score (nSPS) is 23.1. The number of aromatic nitrogens is 3. The van der Waals surface area contributed by atoms with Crippen molar-refractivity contribution < 1.29 is 17.6 Å². The van der Waals surface area contributed by atoms with Gasteiger partial charge in [0, 0.05) is 43.8 Å². The Morgan fingerprint density at radius 2 is 2.06 bits per heavy atom. The number of H-pyrrole nitrogens is 1. The third kappa shape index (κ3) is 3.81. The van der Waals surface area contributed by atoms with Crippen LogP contribution < -0.4 is 0 Å². The molecule has 1 aromatic carbocycles. The van der Waals surface area contributed by atoms with E-state index in [9.17, 15) is 17.6 Å². The third-order valence-electron chi connectivity index (χ3n) is 6.98. The van der Waals surface area contributed by atoms with Crippen LogP contribution in [0.25, 0.3) is 0 Å². The molecule has 166 valence electrons. The summed E-state index contributed by atoms with van der Waals surface area (Å²) in [6.07, 6.45) is 6.08. The first-order valence-corrected chi connectivity index (χ1v) is 12.5. The fourth-order valence-corrected chi connectivity index (χ4v) is 6.54. The first-order chi connectivity index (χ1) is 14.7. The average Bonchev–Trinajstić information content (AvgIpc) is 3.33. The predicted octanol–water partition coefficient (Wildman–Crippen LogP) is 2.21. The van der Waals surface area contributed by atoms with Crippen LogP contribution in [0.15, 0.2) is 29.4 Å². The van der Waals surface area contributed by atoms with Gasteiger partial charge in [0.05, 0.1) is 4.90 Å². The molecule has 0 bridgehead atoms. The lowest BCUT2D eigenvalue weighted by Crippen LogP contribution is -2.65. The molecule has 1 N–H and O–H groups in total.